The minimum Gasteiger partial charge on any atom is -0.497 e. The van der Waals surface area contributed by atoms with Crippen molar-refractivity contribution in [2.75, 3.05) is 26.9 Å². The van der Waals surface area contributed by atoms with Gasteiger partial charge in [0.15, 0.2) is 0 Å². The summed E-state index contributed by atoms with van der Waals surface area (Å²) in [7, 11) is 3.42. The second-order valence-electron chi connectivity index (χ2n) is 7.13. The average molecular weight is 395 g/mol. The van der Waals surface area contributed by atoms with Gasteiger partial charge in [0.05, 0.1) is 37.7 Å². The van der Waals surface area contributed by atoms with Crippen molar-refractivity contribution >= 4 is 5.91 Å². The molecule has 1 aromatic carbocycles. The Morgan fingerprint density at radius 3 is 2.83 bits per heavy atom. The minimum absolute atomic E-state index is 0.0498. The standard InChI is InChI=1S/C21H25N5O3/c1-14-20(15(2)26(23-14)16-6-5-7-17(12-16)28-4)19-13-29-11-10-25(19)21(27)18-8-9-22-24(18)3/h5-9,12,19H,10-11,13H2,1-4H3. The highest BCUT2D eigenvalue weighted by Gasteiger charge is 2.34. The molecule has 2 aromatic heterocycles. The number of benzene rings is 1. The molecular weight excluding hydrogens is 370 g/mol. The van der Waals surface area contributed by atoms with E-state index >= 15 is 0 Å². The number of nitrogens with zero attached hydrogens (tertiary/aromatic N) is 5. The molecule has 1 saturated heterocycles. The van der Waals surface area contributed by atoms with Gasteiger partial charge in [-0.25, -0.2) is 4.68 Å². The summed E-state index contributed by atoms with van der Waals surface area (Å²) in [6, 6.07) is 9.31. The molecule has 1 aliphatic heterocycles. The van der Waals surface area contributed by atoms with Crippen LogP contribution in [0.1, 0.15) is 33.5 Å². The van der Waals surface area contributed by atoms with Gasteiger partial charge >= 0.3 is 0 Å². The zero-order valence-corrected chi connectivity index (χ0v) is 17.1. The molecule has 0 aliphatic carbocycles. The Balaban J connectivity index is 1.73. The summed E-state index contributed by atoms with van der Waals surface area (Å²) in [4.78, 5) is 15.1. The van der Waals surface area contributed by atoms with Crippen LogP contribution in [0.4, 0.5) is 0 Å². The number of morpholine rings is 1. The molecule has 0 bridgehead atoms. The zero-order valence-electron chi connectivity index (χ0n) is 17.1. The summed E-state index contributed by atoms with van der Waals surface area (Å²) < 4.78 is 14.6. The summed E-state index contributed by atoms with van der Waals surface area (Å²) >= 11 is 0. The number of amides is 1. The Labute approximate surface area is 169 Å². The average Bonchev–Trinajstić information content (AvgIpc) is 3.30. The summed E-state index contributed by atoms with van der Waals surface area (Å²) in [5.41, 5.74) is 4.35. The predicted octanol–water partition coefficient (Wildman–Crippen LogP) is 2.44. The molecule has 1 aliphatic rings. The normalized spacial score (nSPS) is 16.8. The Hall–Kier alpha value is -3.13. The molecule has 1 unspecified atom stereocenters. The number of aryl methyl sites for hydroxylation is 2. The maximum Gasteiger partial charge on any atom is 0.272 e. The van der Waals surface area contributed by atoms with E-state index in [4.69, 9.17) is 14.6 Å². The predicted molar refractivity (Wildman–Crippen MR) is 107 cm³/mol. The van der Waals surface area contributed by atoms with Crippen molar-refractivity contribution in [3.63, 3.8) is 0 Å². The topological polar surface area (TPSA) is 74.4 Å². The van der Waals surface area contributed by atoms with E-state index in [0.29, 0.717) is 25.5 Å². The molecule has 4 rings (SSSR count). The number of hydrogen-bond donors (Lipinski definition) is 0. The number of carbonyl (C=O) groups is 1. The van der Waals surface area contributed by atoms with Crippen LogP contribution in [-0.2, 0) is 11.8 Å². The van der Waals surface area contributed by atoms with Gasteiger partial charge in [0.2, 0.25) is 0 Å². The molecule has 0 radical (unpaired) electrons. The van der Waals surface area contributed by atoms with Crippen LogP contribution in [0.5, 0.6) is 5.75 Å². The highest BCUT2D eigenvalue weighted by Crippen LogP contribution is 2.32. The molecule has 3 aromatic rings. The van der Waals surface area contributed by atoms with E-state index in [1.54, 1.807) is 31.1 Å². The molecule has 0 N–H and O–H groups in total. The van der Waals surface area contributed by atoms with E-state index < -0.39 is 0 Å². The van der Waals surface area contributed by atoms with Crippen LogP contribution in [0, 0.1) is 13.8 Å². The molecule has 0 spiro atoms. The van der Waals surface area contributed by atoms with Gasteiger partial charge in [-0.1, -0.05) is 6.07 Å². The molecule has 1 amide bonds. The van der Waals surface area contributed by atoms with Crippen LogP contribution in [-0.4, -0.2) is 57.2 Å². The van der Waals surface area contributed by atoms with Gasteiger partial charge in [0.25, 0.3) is 5.91 Å². The second-order valence-corrected chi connectivity index (χ2v) is 7.13. The minimum atomic E-state index is -0.203. The van der Waals surface area contributed by atoms with Crippen LogP contribution >= 0.6 is 0 Å². The quantitative estimate of drug-likeness (QED) is 0.678. The van der Waals surface area contributed by atoms with Crippen LogP contribution in [0.25, 0.3) is 5.69 Å². The van der Waals surface area contributed by atoms with Gasteiger partial charge < -0.3 is 14.4 Å². The monoisotopic (exact) mass is 395 g/mol. The summed E-state index contributed by atoms with van der Waals surface area (Å²) in [5.74, 6) is 0.719. The molecular formula is C21H25N5O3. The molecule has 3 heterocycles. The maximum atomic E-state index is 13.2. The van der Waals surface area contributed by atoms with Crippen molar-refractivity contribution in [1.82, 2.24) is 24.5 Å². The largest absolute Gasteiger partial charge is 0.497 e. The first kappa shape index (κ1) is 19.2. The van der Waals surface area contributed by atoms with Crippen molar-refractivity contribution in [3.05, 3.63) is 59.2 Å². The van der Waals surface area contributed by atoms with Crippen molar-refractivity contribution in [3.8, 4) is 11.4 Å². The fraction of sp³-hybridized carbons (Fsp3) is 0.381. The van der Waals surface area contributed by atoms with Gasteiger partial charge in [-0.05, 0) is 32.0 Å². The lowest BCUT2D eigenvalue weighted by atomic mass is 10.0. The smallest absolute Gasteiger partial charge is 0.272 e. The molecule has 8 nitrogen and oxygen atoms in total. The first-order valence-electron chi connectivity index (χ1n) is 9.58. The Kier molecular flexibility index (Phi) is 5.10. The maximum absolute atomic E-state index is 13.2. The first-order chi connectivity index (χ1) is 14.0. The number of methoxy groups -OCH3 is 1. The van der Waals surface area contributed by atoms with Gasteiger partial charge in [-0.15, -0.1) is 0 Å². The molecule has 8 heteroatoms. The zero-order chi connectivity index (χ0) is 20.5. The fourth-order valence-corrected chi connectivity index (χ4v) is 3.95. The number of ether oxygens (including phenoxy) is 2. The number of aromatic nitrogens is 4. The summed E-state index contributed by atoms with van der Waals surface area (Å²) in [6.07, 6.45) is 1.64. The summed E-state index contributed by atoms with van der Waals surface area (Å²) in [6.45, 7) is 5.48. The van der Waals surface area contributed by atoms with Gasteiger partial charge in [0, 0.05) is 37.1 Å². The van der Waals surface area contributed by atoms with Gasteiger partial charge in [0.1, 0.15) is 11.4 Å². The highest BCUT2D eigenvalue weighted by molar-refractivity contribution is 5.93. The molecule has 0 saturated carbocycles. The van der Waals surface area contributed by atoms with Crippen molar-refractivity contribution in [2.45, 2.75) is 19.9 Å². The third-order valence-corrected chi connectivity index (χ3v) is 5.41. The lowest BCUT2D eigenvalue weighted by Gasteiger charge is -2.36. The van der Waals surface area contributed by atoms with Crippen LogP contribution in [0.15, 0.2) is 36.5 Å². The van der Waals surface area contributed by atoms with E-state index in [-0.39, 0.29) is 11.9 Å². The van der Waals surface area contributed by atoms with E-state index in [1.165, 1.54) is 0 Å². The van der Waals surface area contributed by atoms with Crippen molar-refractivity contribution in [1.29, 1.82) is 0 Å². The molecule has 1 fully saturated rings. The van der Waals surface area contributed by atoms with Gasteiger partial charge in [-0.3, -0.25) is 9.48 Å². The van der Waals surface area contributed by atoms with Crippen molar-refractivity contribution < 1.29 is 14.3 Å². The lowest BCUT2D eigenvalue weighted by Crippen LogP contribution is -2.44. The Morgan fingerprint density at radius 2 is 2.10 bits per heavy atom. The highest BCUT2D eigenvalue weighted by atomic mass is 16.5. The van der Waals surface area contributed by atoms with Crippen LogP contribution in [0.2, 0.25) is 0 Å². The Morgan fingerprint density at radius 1 is 1.28 bits per heavy atom. The number of carbonyl (C=O) groups excluding carboxylic acids is 1. The van der Waals surface area contributed by atoms with E-state index in [1.807, 2.05) is 47.7 Å². The third kappa shape index (κ3) is 3.40. The van der Waals surface area contributed by atoms with E-state index in [0.717, 1.165) is 28.4 Å². The molecule has 1 atom stereocenters. The number of hydrogen-bond acceptors (Lipinski definition) is 5. The first-order valence-corrected chi connectivity index (χ1v) is 9.58. The Bertz CT molecular complexity index is 1040. The van der Waals surface area contributed by atoms with Crippen LogP contribution in [0.3, 0.4) is 0 Å². The summed E-state index contributed by atoms with van der Waals surface area (Å²) in [5, 5.41) is 8.89. The van der Waals surface area contributed by atoms with Crippen molar-refractivity contribution in [2.24, 2.45) is 7.05 Å². The van der Waals surface area contributed by atoms with Crippen LogP contribution < -0.4 is 4.74 Å². The number of rotatable bonds is 4. The lowest BCUT2D eigenvalue weighted by molar-refractivity contribution is -0.00360. The molecule has 152 valence electrons. The van der Waals surface area contributed by atoms with E-state index in [9.17, 15) is 4.79 Å². The third-order valence-electron chi connectivity index (χ3n) is 5.41. The molecule has 29 heavy (non-hydrogen) atoms. The SMILES string of the molecule is COc1cccc(-n2nc(C)c(C3COCCN3C(=O)c3ccnn3C)c2C)c1. The fourth-order valence-electron chi connectivity index (χ4n) is 3.95. The second kappa shape index (κ2) is 7.71. The van der Waals surface area contributed by atoms with Gasteiger partial charge in [-0.2, -0.15) is 10.2 Å². The van der Waals surface area contributed by atoms with E-state index in [2.05, 4.69) is 5.10 Å².